The van der Waals surface area contributed by atoms with Crippen molar-refractivity contribution in [2.75, 3.05) is 23.6 Å². The molecule has 0 fully saturated rings. The van der Waals surface area contributed by atoms with Crippen LogP contribution in [0.3, 0.4) is 0 Å². The molecule has 0 bridgehead atoms. The lowest BCUT2D eigenvalue weighted by Crippen LogP contribution is -2.48. The molecule has 8 nitrogen and oxygen atoms in total. The van der Waals surface area contributed by atoms with E-state index in [1.165, 1.54) is 12.1 Å². The molecule has 6 rings (SSSR count). The molecule has 3 aliphatic heterocycles. The SMILES string of the molecule is O=C1NC(c2cc(F)ccc2Cl)c2c(NC(=O)N3C[C@](O)(C(F)(F)F)c4cc(F)ccc43)cc3c(c21)OCO3. The van der Waals surface area contributed by atoms with Gasteiger partial charge in [0.2, 0.25) is 12.4 Å². The summed E-state index contributed by atoms with van der Waals surface area (Å²) in [5.41, 5.74) is -4.60. The zero-order chi connectivity index (χ0) is 27.9. The molecule has 202 valence electrons. The highest BCUT2D eigenvalue weighted by Gasteiger charge is 2.61. The van der Waals surface area contributed by atoms with Gasteiger partial charge < -0.3 is 25.2 Å². The lowest BCUT2D eigenvalue weighted by atomic mass is 9.95. The van der Waals surface area contributed by atoms with Gasteiger partial charge in [0.05, 0.1) is 29.5 Å². The molecular weight excluding hydrogens is 553 g/mol. The fourth-order valence-electron chi connectivity index (χ4n) is 5.01. The van der Waals surface area contributed by atoms with E-state index in [2.05, 4.69) is 10.6 Å². The molecule has 1 unspecified atom stereocenters. The minimum absolute atomic E-state index is 0.0404. The molecule has 2 atom stereocenters. The molecule has 0 spiro atoms. The number of rotatable bonds is 2. The summed E-state index contributed by atoms with van der Waals surface area (Å²) in [6.07, 6.45) is -5.24. The van der Waals surface area contributed by atoms with Crippen LogP contribution in [0.15, 0.2) is 42.5 Å². The number of anilines is 2. The summed E-state index contributed by atoms with van der Waals surface area (Å²) in [5.74, 6) is -2.21. The Morgan fingerprint density at radius 2 is 1.85 bits per heavy atom. The fourth-order valence-corrected chi connectivity index (χ4v) is 5.24. The maximum absolute atomic E-state index is 14.1. The van der Waals surface area contributed by atoms with E-state index in [-0.39, 0.29) is 51.4 Å². The predicted molar refractivity (Wildman–Crippen MR) is 126 cm³/mol. The van der Waals surface area contributed by atoms with Crippen LogP contribution in [0.25, 0.3) is 0 Å². The minimum Gasteiger partial charge on any atom is -0.453 e. The summed E-state index contributed by atoms with van der Waals surface area (Å²) in [7, 11) is 0. The van der Waals surface area contributed by atoms with Gasteiger partial charge in [-0.15, -0.1) is 0 Å². The number of nitrogens with one attached hydrogen (secondary N) is 2. The number of nitrogens with zero attached hydrogens (tertiary/aromatic N) is 1. The number of benzene rings is 3. The minimum atomic E-state index is -5.24. The van der Waals surface area contributed by atoms with Crippen LogP contribution < -0.4 is 25.0 Å². The number of aliphatic hydroxyl groups is 1. The van der Waals surface area contributed by atoms with Gasteiger partial charge >= 0.3 is 12.2 Å². The fraction of sp³-hybridized carbons (Fsp3) is 0.200. The second-order valence-corrected chi connectivity index (χ2v) is 9.46. The number of urea groups is 1. The first-order valence-corrected chi connectivity index (χ1v) is 11.7. The highest BCUT2D eigenvalue weighted by Crippen LogP contribution is 2.51. The molecule has 0 saturated heterocycles. The van der Waals surface area contributed by atoms with Crippen LogP contribution in [0.2, 0.25) is 5.02 Å². The molecule has 3 heterocycles. The number of amides is 3. The zero-order valence-electron chi connectivity index (χ0n) is 19.3. The van der Waals surface area contributed by atoms with Crippen LogP contribution in [0.4, 0.5) is 38.1 Å². The standard InChI is InChI=1S/C25H15ClF5N3O5/c26-14-3-1-10(27)5-12(14)20-18-15(7-17-21(39-9-38-17)19(18)22(35)33-20)32-23(36)34-8-24(37,25(29,30)31)13-6-11(28)2-4-16(13)34/h1-7,20,37H,8-9H2,(H,32,36)(H,33,35)/t20?,24-/m1/s1. The Hall–Kier alpha value is -4.10. The Labute approximate surface area is 220 Å². The quantitative estimate of drug-likeness (QED) is 0.379. The summed E-state index contributed by atoms with van der Waals surface area (Å²) in [5, 5.41) is 15.7. The van der Waals surface area contributed by atoms with E-state index in [4.69, 9.17) is 21.1 Å². The third-order valence-electron chi connectivity index (χ3n) is 6.80. The summed E-state index contributed by atoms with van der Waals surface area (Å²) < 4.78 is 80.3. The predicted octanol–water partition coefficient (Wildman–Crippen LogP) is 4.98. The largest absolute Gasteiger partial charge is 0.453 e. The smallest absolute Gasteiger partial charge is 0.423 e. The van der Waals surface area contributed by atoms with E-state index in [1.807, 2.05) is 0 Å². The van der Waals surface area contributed by atoms with Gasteiger partial charge in [0.1, 0.15) is 11.6 Å². The van der Waals surface area contributed by atoms with Crippen molar-refractivity contribution in [3.05, 3.63) is 81.4 Å². The van der Waals surface area contributed by atoms with Crippen molar-refractivity contribution < 1.29 is 46.1 Å². The van der Waals surface area contributed by atoms with Crippen molar-refractivity contribution in [3.63, 3.8) is 0 Å². The van der Waals surface area contributed by atoms with Gasteiger partial charge in [-0.2, -0.15) is 13.2 Å². The molecule has 3 N–H and O–H groups in total. The molecule has 39 heavy (non-hydrogen) atoms. The molecule has 3 aliphatic rings. The van der Waals surface area contributed by atoms with Gasteiger partial charge in [-0.1, -0.05) is 11.6 Å². The molecule has 14 heteroatoms. The third-order valence-corrected chi connectivity index (χ3v) is 7.15. The van der Waals surface area contributed by atoms with Gasteiger partial charge in [-0.3, -0.25) is 9.69 Å². The molecule has 0 radical (unpaired) electrons. The number of β-amino-alcohol motifs (C(OH)–C–C–N with tert-alkyl or cyclic N) is 1. The van der Waals surface area contributed by atoms with Crippen molar-refractivity contribution >= 4 is 34.9 Å². The maximum atomic E-state index is 14.1. The van der Waals surface area contributed by atoms with Gasteiger partial charge in [-0.05, 0) is 36.4 Å². The van der Waals surface area contributed by atoms with E-state index >= 15 is 0 Å². The second kappa shape index (κ2) is 8.45. The van der Waals surface area contributed by atoms with E-state index in [9.17, 15) is 36.6 Å². The van der Waals surface area contributed by atoms with Gasteiger partial charge in [-0.25, -0.2) is 13.6 Å². The van der Waals surface area contributed by atoms with Crippen molar-refractivity contribution in [3.8, 4) is 11.5 Å². The number of carbonyl (C=O) groups excluding carboxylic acids is 2. The van der Waals surface area contributed by atoms with E-state index in [0.717, 1.165) is 24.3 Å². The van der Waals surface area contributed by atoms with Crippen LogP contribution in [-0.4, -0.2) is 36.6 Å². The summed E-state index contributed by atoms with van der Waals surface area (Å²) in [6.45, 7) is -1.51. The van der Waals surface area contributed by atoms with Gasteiger partial charge in [0, 0.05) is 27.8 Å². The monoisotopic (exact) mass is 567 g/mol. The van der Waals surface area contributed by atoms with Crippen molar-refractivity contribution in [1.82, 2.24) is 5.32 Å². The topological polar surface area (TPSA) is 100 Å². The Morgan fingerprint density at radius 3 is 2.59 bits per heavy atom. The molecule has 0 aromatic heterocycles. The summed E-state index contributed by atoms with van der Waals surface area (Å²) in [6, 6.07) is 4.88. The highest BCUT2D eigenvalue weighted by atomic mass is 35.5. The van der Waals surface area contributed by atoms with E-state index in [0.29, 0.717) is 11.0 Å². The molecule has 0 aliphatic carbocycles. The molecule has 0 saturated carbocycles. The first-order valence-electron chi connectivity index (χ1n) is 11.3. The first kappa shape index (κ1) is 25.2. The number of hydrogen-bond acceptors (Lipinski definition) is 5. The number of carbonyl (C=O) groups is 2. The van der Waals surface area contributed by atoms with Crippen LogP contribution in [0.1, 0.15) is 33.1 Å². The second-order valence-electron chi connectivity index (χ2n) is 9.05. The first-order chi connectivity index (χ1) is 18.4. The Morgan fingerprint density at radius 1 is 1.13 bits per heavy atom. The maximum Gasteiger partial charge on any atom is 0.423 e. The van der Waals surface area contributed by atoms with E-state index in [1.54, 1.807) is 0 Å². The highest BCUT2D eigenvalue weighted by molar-refractivity contribution is 6.31. The molecular formula is C25H15ClF5N3O5. The lowest BCUT2D eigenvalue weighted by molar-refractivity contribution is -0.258. The van der Waals surface area contributed by atoms with Crippen molar-refractivity contribution in [1.29, 1.82) is 0 Å². The normalized spacial score (nSPS) is 21.1. The van der Waals surface area contributed by atoms with Crippen LogP contribution >= 0.6 is 11.6 Å². The molecule has 3 amide bonds. The number of fused-ring (bicyclic) bond motifs is 4. The molecule has 3 aromatic carbocycles. The summed E-state index contributed by atoms with van der Waals surface area (Å²) >= 11 is 6.28. The van der Waals surface area contributed by atoms with Gasteiger partial charge in [0.25, 0.3) is 5.91 Å². The Bertz CT molecular complexity index is 1580. The summed E-state index contributed by atoms with van der Waals surface area (Å²) in [4.78, 5) is 27.0. The Balaban J connectivity index is 1.45. The molecule has 3 aromatic rings. The zero-order valence-corrected chi connectivity index (χ0v) is 20.1. The van der Waals surface area contributed by atoms with Crippen molar-refractivity contribution in [2.45, 2.75) is 17.8 Å². The van der Waals surface area contributed by atoms with Crippen LogP contribution in [0, 0.1) is 11.6 Å². The van der Waals surface area contributed by atoms with Crippen LogP contribution in [0.5, 0.6) is 11.5 Å². The van der Waals surface area contributed by atoms with Crippen LogP contribution in [-0.2, 0) is 5.60 Å². The van der Waals surface area contributed by atoms with Gasteiger partial charge in [0.15, 0.2) is 11.5 Å². The number of ether oxygens (including phenoxy) is 2. The Kier molecular flexibility index (Phi) is 5.46. The number of alkyl halides is 3. The lowest BCUT2D eigenvalue weighted by Gasteiger charge is -2.27. The van der Waals surface area contributed by atoms with E-state index < -0.39 is 53.5 Å². The average molecular weight is 568 g/mol. The van der Waals surface area contributed by atoms with Crippen molar-refractivity contribution in [2.24, 2.45) is 0 Å². The number of hydrogen-bond donors (Lipinski definition) is 3. The number of halogens is 6. The average Bonchev–Trinajstić information content (AvgIpc) is 3.55. The third kappa shape index (κ3) is 3.75.